The summed E-state index contributed by atoms with van der Waals surface area (Å²) < 4.78 is 4.36. The van der Waals surface area contributed by atoms with Gasteiger partial charge in [0.05, 0.1) is 22.1 Å². The van der Waals surface area contributed by atoms with E-state index in [1.807, 2.05) is 20.2 Å². The number of hydrogen-bond donors (Lipinski definition) is 1. The molecule has 0 aliphatic carbocycles. The van der Waals surface area contributed by atoms with Crippen LogP contribution >= 0.6 is 15.9 Å². The molecule has 6 heteroatoms. The van der Waals surface area contributed by atoms with Crippen molar-refractivity contribution in [2.45, 2.75) is 45.8 Å². The van der Waals surface area contributed by atoms with Gasteiger partial charge < -0.3 is 5.11 Å². The zero-order valence-corrected chi connectivity index (χ0v) is 14.1. The number of halogens is 1. The van der Waals surface area contributed by atoms with Gasteiger partial charge in [-0.25, -0.2) is 0 Å². The molecule has 1 unspecified atom stereocenters. The minimum Gasteiger partial charge on any atom is -0.382 e. The Hall–Kier alpha value is -1.14. The highest BCUT2D eigenvalue weighted by atomic mass is 79.9. The minimum atomic E-state index is -0.741. The molecule has 0 radical (unpaired) electrons. The van der Waals surface area contributed by atoms with E-state index in [4.69, 9.17) is 0 Å². The zero-order valence-electron chi connectivity index (χ0n) is 12.6. The Morgan fingerprint density at radius 1 is 1.40 bits per heavy atom. The first-order chi connectivity index (χ1) is 9.25. The van der Waals surface area contributed by atoms with Gasteiger partial charge in [-0.1, -0.05) is 20.8 Å². The standard InChI is InChI=1S/C14H21BrN4O/c1-6-19-11(10(15)7-16-19)12(20)9-8-18(5)17-13(9)14(2,3)4/h7-8,12,20H,6H2,1-5H3. The van der Waals surface area contributed by atoms with E-state index in [9.17, 15) is 5.11 Å². The number of aryl methyl sites for hydroxylation is 2. The lowest BCUT2D eigenvalue weighted by molar-refractivity contribution is 0.204. The van der Waals surface area contributed by atoms with Crippen LogP contribution in [0.4, 0.5) is 0 Å². The number of nitrogens with zero attached hydrogens (tertiary/aromatic N) is 4. The Balaban J connectivity index is 2.54. The van der Waals surface area contributed by atoms with Crippen LogP contribution in [0.2, 0.25) is 0 Å². The smallest absolute Gasteiger partial charge is 0.125 e. The molecular weight excluding hydrogens is 320 g/mol. The minimum absolute atomic E-state index is 0.124. The number of rotatable bonds is 3. The topological polar surface area (TPSA) is 55.9 Å². The molecule has 0 bridgehead atoms. The molecule has 0 amide bonds. The van der Waals surface area contributed by atoms with Gasteiger partial charge >= 0.3 is 0 Å². The molecule has 0 spiro atoms. The molecule has 0 aliphatic rings. The van der Waals surface area contributed by atoms with Crippen LogP contribution in [-0.4, -0.2) is 24.7 Å². The maximum atomic E-state index is 10.8. The maximum Gasteiger partial charge on any atom is 0.125 e. The summed E-state index contributed by atoms with van der Waals surface area (Å²) in [5.41, 5.74) is 2.38. The van der Waals surface area contributed by atoms with E-state index in [-0.39, 0.29) is 5.41 Å². The van der Waals surface area contributed by atoms with Crippen molar-refractivity contribution < 1.29 is 5.11 Å². The maximum absolute atomic E-state index is 10.8. The fourth-order valence-electron chi connectivity index (χ4n) is 2.33. The molecule has 1 atom stereocenters. The van der Waals surface area contributed by atoms with Crippen molar-refractivity contribution in [3.05, 3.63) is 33.8 Å². The molecule has 0 fully saturated rings. The number of aromatic nitrogens is 4. The molecule has 2 rings (SSSR count). The van der Waals surface area contributed by atoms with Crippen molar-refractivity contribution in [3.63, 3.8) is 0 Å². The summed E-state index contributed by atoms with van der Waals surface area (Å²) in [6.07, 6.45) is 2.86. The Bertz CT molecular complexity index is 609. The van der Waals surface area contributed by atoms with Gasteiger partial charge in [-0.05, 0) is 22.9 Å². The lowest BCUT2D eigenvalue weighted by atomic mass is 9.87. The largest absolute Gasteiger partial charge is 0.382 e. The van der Waals surface area contributed by atoms with Crippen molar-refractivity contribution in [1.82, 2.24) is 19.6 Å². The number of aliphatic hydroxyl groups is 1. The highest BCUT2D eigenvalue weighted by Crippen LogP contribution is 2.34. The van der Waals surface area contributed by atoms with Crippen molar-refractivity contribution >= 4 is 15.9 Å². The summed E-state index contributed by atoms with van der Waals surface area (Å²) in [7, 11) is 1.87. The van der Waals surface area contributed by atoms with E-state index in [1.165, 1.54) is 0 Å². The van der Waals surface area contributed by atoms with Crippen LogP contribution in [0.1, 0.15) is 50.8 Å². The molecule has 1 N–H and O–H groups in total. The van der Waals surface area contributed by atoms with Crippen LogP contribution in [0.15, 0.2) is 16.9 Å². The summed E-state index contributed by atoms with van der Waals surface area (Å²) in [5, 5.41) is 19.6. The first kappa shape index (κ1) is 15.3. The van der Waals surface area contributed by atoms with Crippen LogP contribution < -0.4 is 0 Å². The molecule has 0 aliphatic heterocycles. The molecular formula is C14H21BrN4O. The summed E-state index contributed by atoms with van der Waals surface area (Å²) in [6.45, 7) is 9.00. The van der Waals surface area contributed by atoms with Crippen molar-refractivity contribution in [1.29, 1.82) is 0 Å². The highest BCUT2D eigenvalue weighted by Gasteiger charge is 2.29. The monoisotopic (exact) mass is 340 g/mol. The molecule has 20 heavy (non-hydrogen) atoms. The molecule has 2 aromatic rings. The van der Waals surface area contributed by atoms with Gasteiger partial charge in [0.15, 0.2) is 0 Å². The van der Waals surface area contributed by atoms with Crippen LogP contribution in [-0.2, 0) is 19.0 Å². The van der Waals surface area contributed by atoms with E-state index >= 15 is 0 Å². The fourth-order valence-corrected chi connectivity index (χ4v) is 2.85. The van der Waals surface area contributed by atoms with Gasteiger partial charge in [-0.15, -0.1) is 0 Å². The first-order valence-corrected chi connectivity index (χ1v) is 7.48. The quantitative estimate of drug-likeness (QED) is 0.934. The van der Waals surface area contributed by atoms with Crippen LogP contribution in [0.25, 0.3) is 0 Å². The van der Waals surface area contributed by atoms with Gasteiger partial charge in [-0.2, -0.15) is 10.2 Å². The van der Waals surface area contributed by atoms with E-state index in [1.54, 1.807) is 15.6 Å². The summed E-state index contributed by atoms with van der Waals surface area (Å²) in [4.78, 5) is 0. The highest BCUT2D eigenvalue weighted by molar-refractivity contribution is 9.10. The number of aliphatic hydroxyl groups excluding tert-OH is 1. The van der Waals surface area contributed by atoms with Gasteiger partial charge in [0.2, 0.25) is 0 Å². The van der Waals surface area contributed by atoms with Gasteiger partial charge in [-0.3, -0.25) is 9.36 Å². The zero-order chi connectivity index (χ0) is 15.1. The Kier molecular flexibility index (Phi) is 4.07. The van der Waals surface area contributed by atoms with E-state index in [0.717, 1.165) is 21.4 Å². The van der Waals surface area contributed by atoms with Crippen LogP contribution in [0, 0.1) is 0 Å². The third-order valence-electron chi connectivity index (χ3n) is 3.25. The predicted molar refractivity (Wildman–Crippen MR) is 81.6 cm³/mol. The Morgan fingerprint density at radius 2 is 2.05 bits per heavy atom. The second-order valence-electron chi connectivity index (χ2n) is 5.95. The third-order valence-corrected chi connectivity index (χ3v) is 3.86. The molecule has 2 heterocycles. The fraction of sp³-hybridized carbons (Fsp3) is 0.571. The first-order valence-electron chi connectivity index (χ1n) is 6.69. The summed E-state index contributed by atoms with van der Waals surface area (Å²) in [5.74, 6) is 0. The van der Waals surface area contributed by atoms with Crippen LogP contribution in [0.3, 0.4) is 0 Å². The van der Waals surface area contributed by atoms with Gasteiger partial charge in [0, 0.05) is 30.8 Å². The second-order valence-corrected chi connectivity index (χ2v) is 6.81. The summed E-state index contributed by atoms with van der Waals surface area (Å²) in [6, 6.07) is 0. The number of hydrogen-bond acceptors (Lipinski definition) is 3. The van der Waals surface area contributed by atoms with Crippen molar-refractivity contribution in [2.24, 2.45) is 7.05 Å². The normalized spacial score (nSPS) is 13.8. The molecule has 5 nitrogen and oxygen atoms in total. The average Bonchev–Trinajstić information content (AvgIpc) is 2.91. The Morgan fingerprint density at radius 3 is 2.60 bits per heavy atom. The van der Waals surface area contributed by atoms with E-state index < -0.39 is 6.10 Å². The lowest BCUT2D eigenvalue weighted by Crippen LogP contribution is -2.18. The van der Waals surface area contributed by atoms with E-state index in [2.05, 4.69) is 46.9 Å². The summed E-state index contributed by atoms with van der Waals surface area (Å²) >= 11 is 3.47. The van der Waals surface area contributed by atoms with Crippen molar-refractivity contribution in [3.8, 4) is 0 Å². The molecule has 2 aromatic heterocycles. The Labute approximate surface area is 127 Å². The molecule has 0 saturated carbocycles. The molecule has 0 aromatic carbocycles. The molecule has 0 saturated heterocycles. The van der Waals surface area contributed by atoms with Gasteiger partial charge in [0.1, 0.15) is 6.10 Å². The van der Waals surface area contributed by atoms with Crippen molar-refractivity contribution in [2.75, 3.05) is 0 Å². The second kappa shape index (κ2) is 5.33. The van der Waals surface area contributed by atoms with E-state index in [0.29, 0.717) is 6.54 Å². The third kappa shape index (κ3) is 2.67. The lowest BCUT2D eigenvalue weighted by Gasteiger charge is -2.20. The average molecular weight is 341 g/mol. The SMILES string of the molecule is CCn1ncc(Br)c1C(O)c1cn(C)nc1C(C)(C)C. The van der Waals surface area contributed by atoms with Crippen LogP contribution in [0.5, 0.6) is 0 Å². The van der Waals surface area contributed by atoms with Gasteiger partial charge in [0.25, 0.3) is 0 Å². The predicted octanol–water partition coefficient (Wildman–Crippen LogP) is 2.78. The molecule has 110 valence electrons.